The molecule has 1 aromatic carbocycles. The second kappa shape index (κ2) is 7.46. The highest BCUT2D eigenvalue weighted by Crippen LogP contribution is 2.26. The molecular weight excluding hydrogens is 378 g/mol. The van der Waals surface area contributed by atoms with Crippen molar-refractivity contribution in [1.82, 2.24) is 20.1 Å². The monoisotopic (exact) mass is 394 g/mol. The number of rotatable bonds is 5. The van der Waals surface area contributed by atoms with Crippen LogP contribution in [0.3, 0.4) is 0 Å². The summed E-state index contributed by atoms with van der Waals surface area (Å²) < 4.78 is 28.4. The van der Waals surface area contributed by atoms with Gasteiger partial charge in [0.1, 0.15) is 6.04 Å². The number of aromatic nitrogens is 3. The summed E-state index contributed by atoms with van der Waals surface area (Å²) in [7, 11) is 0. The number of carbonyl (C=O) groups is 1. The van der Waals surface area contributed by atoms with Gasteiger partial charge in [-0.25, -0.2) is 8.78 Å². The van der Waals surface area contributed by atoms with Crippen molar-refractivity contribution < 1.29 is 13.6 Å². The molecule has 3 aromatic rings. The fraction of sp³-hybridized carbons (Fsp3) is 0.235. The van der Waals surface area contributed by atoms with Gasteiger partial charge in [0.25, 0.3) is 0 Å². The third kappa shape index (κ3) is 3.58. The van der Waals surface area contributed by atoms with Gasteiger partial charge in [-0.3, -0.25) is 14.5 Å². The molecule has 2 heterocycles. The first-order valence-corrected chi connectivity index (χ1v) is 9.13. The van der Waals surface area contributed by atoms with E-state index in [2.05, 4.69) is 15.5 Å². The molecule has 9 heteroatoms. The van der Waals surface area contributed by atoms with Crippen molar-refractivity contribution >= 4 is 29.5 Å². The molecule has 26 heavy (non-hydrogen) atoms. The Hall–Kier alpha value is -2.39. The molecule has 0 aliphatic heterocycles. The molecule has 3 rings (SSSR count). The van der Waals surface area contributed by atoms with Gasteiger partial charge in [-0.15, -0.1) is 11.3 Å². The third-order valence-corrected chi connectivity index (χ3v) is 5.17. The summed E-state index contributed by atoms with van der Waals surface area (Å²) in [6.45, 7) is 3.40. The van der Waals surface area contributed by atoms with E-state index in [1.165, 1.54) is 17.4 Å². The Morgan fingerprint density at radius 3 is 2.73 bits per heavy atom. The number of hydrogen-bond acceptors (Lipinski definition) is 4. The molecule has 0 radical (unpaired) electrons. The van der Waals surface area contributed by atoms with Gasteiger partial charge < -0.3 is 5.32 Å². The van der Waals surface area contributed by atoms with Crippen LogP contribution in [0.5, 0.6) is 0 Å². The Morgan fingerprint density at radius 1 is 1.31 bits per heavy atom. The Kier molecular flexibility index (Phi) is 5.28. The zero-order chi connectivity index (χ0) is 18.8. The summed E-state index contributed by atoms with van der Waals surface area (Å²) in [5.41, 5.74) is 0.471. The van der Waals surface area contributed by atoms with Crippen LogP contribution in [0.25, 0.3) is 10.7 Å². The normalized spacial score (nSPS) is 13.4. The van der Waals surface area contributed by atoms with Crippen LogP contribution in [-0.2, 0) is 4.79 Å². The van der Waals surface area contributed by atoms with E-state index in [9.17, 15) is 13.6 Å². The summed E-state index contributed by atoms with van der Waals surface area (Å²) >= 11 is 6.75. The molecule has 2 aromatic heterocycles. The zero-order valence-electron chi connectivity index (χ0n) is 14.0. The predicted molar refractivity (Wildman–Crippen MR) is 98.4 cm³/mol. The minimum atomic E-state index is -0.950. The maximum absolute atomic E-state index is 13.4. The summed E-state index contributed by atoms with van der Waals surface area (Å²) in [5, 5.41) is 11.6. The van der Waals surface area contributed by atoms with Crippen LogP contribution in [0.2, 0.25) is 0 Å². The lowest BCUT2D eigenvalue weighted by molar-refractivity contribution is -0.124. The van der Waals surface area contributed by atoms with Crippen molar-refractivity contribution in [3.63, 3.8) is 0 Å². The van der Waals surface area contributed by atoms with Gasteiger partial charge in [-0.05, 0) is 55.2 Å². The number of hydrogen-bond donors (Lipinski definition) is 2. The van der Waals surface area contributed by atoms with Gasteiger partial charge in [-0.2, -0.15) is 5.10 Å². The largest absolute Gasteiger partial charge is 0.348 e. The number of benzene rings is 1. The van der Waals surface area contributed by atoms with E-state index in [0.717, 1.165) is 17.0 Å². The first-order chi connectivity index (χ1) is 12.4. The highest BCUT2D eigenvalue weighted by Gasteiger charge is 2.23. The predicted octanol–water partition coefficient (Wildman–Crippen LogP) is 4.39. The minimum Gasteiger partial charge on any atom is -0.348 e. The maximum atomic E-state index is 13.4. The van der Waals surface area contributed by atoms with Crippen molar-refractivity contribution in [3.05, 3.63) is 57.7 Å². The van der Waals surface area contributed by atoms with Crippen LogP contribution in [-0.4, -0.2) is 20.7 Å². The lowest BCUT2D eigenvalue weighted by Gasteiger charge is -2.19. The van der Waals surface area contributed by atoms with Crippen molar-refractivity contribution in [2.24, 2.45) is 0 Å². The van der Waals surface area contributed by atoms with Gasteiger partial charge in [-0.1, -0.05) is 12.1 Å². The fourth-order valence-electron chi connectivity index (χ4n) is 2.56. The summed E-state index contributed by atoms with van der Waals surface area (Å²) in [6.07, 6.45) is 0. The quantitative estimate of drug-likeness (QED) is 0.631. The second-order valence-corrected chi connectivity index (χ2v) is 7.11. The van der Waals surface area contributed by atoms with Gasteiger partial charge in [0, 0.05) is 0 Å². The van der Waals surface area contributed by atoms with E-state index in [4.69, 9.17) is 12.2 Å². The lowest BCUT2D eigenvalue weighted by Crippen LogP contribution is -2.33. The summed E-state index contributed by atoms with van der Waals surface area (Å²) in [6, 6.07) is 6.20. The van der Waals surface area contributed by atoms with Crippen LogP contribution in [0.4, 0.5) is 8.78 Å². The Balaban J connectivity index is 1.81. The second-order valence-electron chi connectivity index (χ2n) is 5.78. The van der Waals surface area contributed by atoms with E-state index >= 15 is 0 Å². The molecule has 0 unspecified atom stereocenters. The average Bonchev–Trinajstić information content (AvgIpc) is 3.25. The van der Waals surface area contributed by atoms with Crippen LogP contribution in [0.15, 0.2) is 35.7 Å². The molecule has 0 aliphatic rings. The van der Waals surface area contributed by atoms with Gasteiger partial charge in [0.05, 0.1) is 10.9 Å². The lowest BCUT2D eigenvalue weighted by atomic mass is 10.1. The molecule has 136 valence electrons. The van der Waals surface area contributed by atoms with Crippen molar-refractivity contribution in [2.75, 3.05) is 0 Å². The van der Waals surface area contributed by atoms with E-state index in [0.29, 0.717) is 16.2 Å². The van der Waals surface area contributed by atoms with Crippen LogP contribution >= 0.6 is 23.6 Å². The van der Waals surface area contributed by atoms with E-state index in [-0.39, 0.29) is 5.91 Å². The molecule has 0 saturated heterocycles. The first kappa shape index (κ1) is 18.4. The molecule has 2 atom stereocenters. The van der Waals surface area contributed by atoms with Crippen LogP contribution in [0.1, 0.15) is 31.5 Å². The summed E-state index contributed by atoms with van der Waals surface area (Å²) in [4.78, 5) is 13.5. The van der Waals surface area contributed by atoms with Crippen LogP contribution in [0, 0.1) is 16.4 Å². The number of nitrogens with zero attached hydrogens (tertiary/aromatic N) is 2. The SMILES string of the molecule is C[C@H](C(=O)N[C@H](C)c1ccc(F)c(F)c1)n1c(-c2cccs2)n[nH]c1=S. The van der Waals surface area contributed by atoms with Crippen molar-refractivity contribution in [1.29, 1.82) is 0 Å². The van der Waals surface area contributed by atoms with Gasteiger partial charge in [0.15, 0.2) is 22.2 Å². The Bertz CT molecular complexity index is 981. The molecule has 1 amide bonds. The first-order valence-electron chi connectivity index (χ1n) is 7.84. The van der Waals surface area contributed by atoms with Gasteiger partial charge in [0.2, 0.25) is 5.91 Å². The number of amides is 1. The third-order valence-electron chi connectivity index (χ3n) is 4.02. The van der Waals surface area contributed by atoms with Crippen molar-refractivity contribution in [3.8, 4) is 10.7 Å². The van der Waals surface area contributed by atoms with Crippen molar-refractivity contribution in [2.45, 2.75) is 25.9 Å². The number of carbonyl (C=O) groups excluding carboxylic acids is 1. The zero-order valence-corrected chi connectivity index (χ0v) is 15.6. The fourth-order valence-corrected chi connectivity index (χ4v) is 3.56. The van der Waals surface area contributed by atoms with E-state index < -0.39 is 23.7 Å². The molecule has 5 nitrogen and oxygen atoms in total. The maximum Gasteiger partial charge on any atom is 0.243 e. The van der Waals surface area contributed by atoms with Gasteiger partial charge >= 0.3 is 0 Å². The minimum absolute atomic E-state index is 0.308. The molecule has 0 bridgehead atoms. The Labute approximate surface area is 157 Å². The molecule has 2 N–H and O–H groups in total. The average molecular weight is 394 g/mol. The highest BCUT2D eigenvalue weighted by molar-refractivity contribution is 7.71. The van der Waals surface area contributed by atoms with E-state index in [1.54, 1.807) is 18.4 Å². The number of aromatic amines is 1. The summed E-state index contributed by atoms with van der Waals surface area (Å²) in [5.74, 6) is -1.61. The van der Waals surface area contributed by atoms with E-state index in [1.807, 2.05) is 17.5 Å². The molecular formula is C17H16F2N4OS2. The number of nitrogens with one attached hydrogen (secondary N) is 2. The smallest absolute Gasteiger partial charge is 0.243 e. The molecule has 0 fully saturated rings. The highest BCUT2D eigenvalue weighted by atomic mass is 32.1. The topological polar surface area (TPSA) is 62.7 Å². The standard InChI is InChI=1S/C17H16F2N4OS2/c1-9(11-5-6-12(18)13(19)8-11)20-16(24)10(2)23-15(21-22-17(23)25)14-4-3-7-26-14/h3-10H,1-2H3,(H,20,24)(H,22,25)/t9-,10-/m1/s1. The number of halogens is 2. The number of thiophene rings is 1. The molecule has 0 saturated carbocycles. The molecule has 0 spiro atoms. The number of H-pyrrole nitrogens is 1. The molecule has 0 aliphatic carbocycles. The van der Waals surface area contributed by atoms with Crippen LogP contribution < -0.4 is 5.32 Å². The Morgan fingerprint density at radius 2 is 2.08 bits per heavy atom.